The molecule has 5 nitrogen and oxygen atoms in total. The second-order valence-electron chi connectivity index (χ2n) is 3.88. The number of hydrogen-bond acceptors (Lipinski definition) is 4. The van der Waals surface area contributed by atoms with Crippen molar-refractivity contribution >= 4 is 34.2 Å². The maximum atomic E-state index is 12.6. The van der Waals surface area contributed by atoms with Gasteiger partial charge in [0.25, 0.3) is 5.91 Å². The van der Waals surface area contributed by atoms with Crippen LogP contribution in [0, 0.1) is 3.70 Å². The van der Waals surface area contributed by atoms with E-state index in [0.29, 0.717) is 9.77 Å². The first-order chi connectivity index (χ1) is 9.79. The van der Waals surface area contributed by atoms with Crippen LogP contribution in [0.15, 0.2) is 30.6 Å². The van der Waals surface area contributed by atoms with Crippen molar-refractivity contribution in [3.63, 3.8) is 0 Å². The largest absolute Gasteiger partial charge is 0.506 e. The number of nitrogens with one attached hydrogen (secondary N) is 1. The highest BCUT2D eigenvalue weighted by Crippen LogP contribution is 2.34. The molecule has 1 heterocycles. The summed E-state index contributed by atoms with van der Waals surface area (Å²) in [6, 6.07) is 2.23. The van der Waals surface area contributed by atoms with E-state index in [9.17, 15) is 23.1 Å². The summed E-state index contributed by atoms with van der Waals surface area (Å²) in [4.78, 5) is 19.6. The lowest BCUT2D eigenvalue weighted by Crippen LogP contribution is -2.16. The number of aromatic nitrogens is 2. The van der Waals surface area contributed by atoms with Crippen LogP contribution < -0.4 is 5.32 Å². The second-order valence-corrected chi connectivity index (χ2v) is 4.90. The molecule has 2 N–H and O–H groups in total. The third-order valence-electron chi connectivity index (χ3n) is 2.44. The summed E-state index contributed by atoms with van der Waals surface area (Å²) in [6.07, 6.45) is -1.92. The highest BCUT2D eigenvalue weighted by molar-refractivity contribution is 14.1. The number of carbonyl (C=O) groups is 1. The number of alkyl halides is 3. The predicted molar refractivity (Wildman–Crippen MR) is 75.8 cm³/mol. The summed E-state index contributed by atoms with van der Waals surface area (Å²) in [5, 5.41) is 11.7. The van der Waals surface area contributed by atoms with Gasteiger partial charge < -0.3 is 10.4 Å². The van der Waals surface area contributed by atoms with Gasteiger partial charge in [-0.05, 0) is 40.8 Å². The van der Waals surface area contributed by atoms with E-state index in [0.717, 1.165) is 12.1 Å². The minimum absolute atomic E-state index is 0.0464. The zero-order chi connectivity index (χ0) is 15.6. The average molecular weight is 409 g/mol. The van der Waals surface area contributed by atoms with Crippen LogP contribution in [0.2, 0.25) is 0 Å². The van der Waals surface area contributed by atoms with E-state index in [1.807, 2.05) is 0 Å². The average Bonchev–Trinajstić information content (AvgIpc) is 2.40. The minimum atomic E-state index is -4.58. The molecule has 0 aliphatic rings. The summed E-state index contributed by atoms with van der Waals surface area (Å²) >= 11 is 1.77. The van der Waals surface area contributed by atoms with Gasteiger partial charge in [0.05, 0.1) is 11.3 Å². The Labute approximate surface area is 130 Å². The molecule has 0 fully saturated rings. The quantitative estimate of drug-likeness (QED) is 0.591. The molecule has 9 heteroatoms. The Morgan fingerprint density at radius 2 is 1.90 bits per heavy atom. The van der Waals surface area contributed by atoms with E-state index in [-0.39, 0.29) is 11.4 Å². The number of hydrogen-bond donors (Lipinski definition) is 2. The van der Waals surface area contributed by atoms with Gasteiger partial charge in [0, 0.05) is 12.4 Å². The number of anilines is 1. The summed E-state index contributed by atoms with van der Waals surface area (Å²) < 4.78 is 38.1. The molecule has 2 aromatic rings. The van der Waals surface area contributed by atoms with Crippen LogP contribution in [0.3, 0.4) is 0 Å². The smallest absolute Gasteiger partial charge is 0.416 e. The van der Waals surface area contributed by atoms with E-state index in [1.165, 1.54) is 12.4 Å². The monoisotopic (exact) mass is 409 g/mol. The van der Waals surface area contributed by atoms with Crippen LogP contribution >= 0.6 is 22.6 Å². The van der Waals surface area contributed by atoms with Gasteiger partial charge >= 0.3 is 6.18 Å². The number of benzene rings is 1. The predicted octanol–water partition coefficient (Wildman–Crippen LogP) is 3.06. The molecule has 21 heavy (non-hydrogen) atoms. The Morgan fingerprint density at radius 1 is 1.24 bits per heavy atom. The number of nitrogens with zero attached hydrogens (tertiary/aromatic N) is 2. The van der Waals surface area contributed by atoms with Crippen molar-refractivity contribution in [1.29, 1.82) is 0 Å². The van der Waals surface area contributed by atoms with E-state index in [4.69, 9.17) is 0 Å². The van der Waals surface area contributed by atoms with E-state index < -0.39 is 23.4 Å². The van der Waals surface area contributed by atoms with Crippen LogP contribution in [0.1, 0.15) is 16.1 Å². The topological polar surface area (TPSA) is 75.1 Å². The summed E-state index contributed by atoms with van der Waals surface area (Å²) in [7, 11) is 0. The molecule has 0 aliphatic heterocycles. The maximum absolute atomic E-state index is 12.6. The molecule has 1 aromatic carbocycles. The minimum Gasteiger partial charge on any atom is -0.506 e. The summed E-state index contributed by atoms with van der Waals surface area (Å²) in [6.45, 7) is 0. The summed E-state index contributed by atoms with van der Waals surface area (Å²) in [5.41, 5.74) is -1.38. The third-order valence-corrected chi connectivity index (χ3v) is 3.23. The number of rotatable bonds is 2. The molecule has 0 radical (unpaired) electrons. The first-order valence-electron chi connectivity index (χ1n) is 5.47. The van der Waals surface area contributed by atoms with Gasteiger partial charge in [-0.3, -0.25) is 4.79 Å². The lowest BCUT2D eigenvalue weighted by molar-refractivity contribution is -0.137. The van der Waals surface area contributed by atoms with Gasteiger partial charge in [0.2, 0.25) is 0 Å². The molecule has 0 saturated heterocycles. The van der Waals surface area contributed by atoms with Gasteiger partial charge in [-0.2, -0.15) is 13.2 Å². The Kier molecular flexibility index (Phi) is 4.30. The molecule has 0 unspecified atom stereocenters. The maximum Gasteiger partial charge on any atom is 0.416 e. The van der Waals surface area contributed by atoms with Crippen molar-refractivity contribution in [2.24, 2.45) is 0 Å². The normalized spacial score (nSPS) is 11.2. The van der Waals surface area contributed by atoms with Gasteiger partial charge in [-0.25, -0.2) is 9.97 Å². The van der Waals surface area contributed by atoms with Gasteiger partial charge in [-0.1, -0.05) is 0 Å². The molecule has 0 bridgehead atoms. The zero-order valence-corrected chi connectivity index (χ0v) is 12.3. The molecule has 110 valence electrons. The SMILES string of the molecule is O=C(Nc1cc(C(F)(F)F)ccc1O)c1nccnc1I. The van der Waals surface area contributed by atoms with Gasteiger partial charge in [0.15, 0.2) is 5.69 Å². The van der Waals surface area contributed by atoms with Crippen molar-refractivity contribution < 1.29 is 23.1 Å². The van der Waals surface area contributed by atoms with Crippen molar-refractivity contribution in [3.05, 3.63) is 45.6 Å². The van der Waals surface area contributed by atoms with E-state index in [2.05, 4.69) is 15.3 Å². The third kappa shape index (κ3) is 3.60. The van der Waals surface area contributed by atoms with Crippen molar-refractivity contribution in [2.75, 3.05) is 5.32 Å². The Balaban J connectivity index is 2.31. The lowest BCUT2D eigenvalue weighted by Gasteiger charge is -2.11. The van der Waals surface area contributed by atoms with Gasteiger partial charge in [0.1, 0.15) is 9.45 Å². The lowest BCUT2D eigenvalue weighted by atomic mass is 10.1. The van der Waals surface area contributed by atoms with Crippen molar-refractivity contribution in [3.8, 4) is 5.75 Å². The molecular formula is C12H7F3IN3O2. The standard InChI is InChI=1S/C12H7F3IN3O2/c13-12(14,15)6-1-2-8(20)7(5-6)19-11(21)9-10(16)18-4-3-17-9/h1-5,20H,(H,19,21). The highest BCUT2D eigenvalue weighted by Gasteiger charge is 2.31. The number of aromatic hydroxyl groups is 1. The first-order valence-corrected chi connectivity index (χ1v) is 6.55. The Bertz CT molecular complexity index is 692. The summed E-state index contributed by atoms with van der Waals surface area (Å²) in [5.74, 6) is -1.24. The number of amides is 1. The Hall–Kier alpha value is -1.91. The number of halogens is 4. The van der Waals surface area contributed by atoms with Crippen LogP contribution in [0.25, 0.3) is 0 Å². The van der Waals surface area contributed by atoms with Crippen LogP contribution in [0.4, 0.5) is 18.9 Å². The second kappa shape index (κ2) is 5.84. The van der Waals surface area contributed by atoms with Gasteiger partial charge in [-0.15, -0.1) is 0 Å². The van der Waals surface area contributed by atoms with Crippen molar-refractivity contribution in [1.82, 2.24) is 9.97 Å². The molecule has 0 atom stereocenters. The Morgan fingerprint density at radius 3 is 2.52 bits per heavy atom. The number of phenols is 1. The molecule has 0 aliphatic carbocycles. The molecule has 0 saturated carbocycles. The fourth-order valence-electron chi connectivity index (χ4n) is 1.47. The molecular weight excluding hydrogens is 402 g/mol. The number of carbonyl (C=O) groups excluding carboxylic acids is 1. The zero-order valence-electron chi connectivity index (χ0n) is 10.1. The van der Waals surface area contributed by atoms with Crippen LogP contribution in [0.5, 0.6) is 5.75 Å². The first kappa shape index (κ1) is 15.5. The molecule has 1 amide bonds. The molecule has 1 aromatic heterocycles. The fraction of sp³-hybridized carbons (Fsp3) is 0.0833. The van der Waals surface area contributed by atoms with Crippen molar-refractivity contribution in [2.45, 2.75) is 6.18 Å². The van der Waals surface area contributed by atoms with Crippen LogP contribution in [-0.4, -0.2) is 21.0 Å². The highest BCUT2D eigenvalue weighted by atomic mass is 127. The van der Waals surface area contributed by atoms with Crippen LogP contribution in [-0.2, 0) is 6.18 Å². The molecule has 0 spiro atoms. The molecule has 2 rings (SSSR count). The fourth-order valence-corrected chi connectivity index (χ4v) is 2.01. The van der Waals surface area contributed by atoms with E-state index >= 15 is 0 Å². The van der Waals surface area contributed by atoms with E-state index in [1.54, 1.807) is 22.6 Å². The number of phenolic OH excluding ortho intramolecular Hbond substituents is 1.